The normalized spacial score (nSPS) is 13.0. The number of anilines is 12. The van der Waals surface area contributed by atoms with Gasteiger partial charge < -0.3 is 29.1 Å². The van der Waals surface area contributed by atoms with Crippen LogP contribution < -0.4 is 61.9 Å². The summed E-state index contributed by atoms with van der Waals surface area (Å²) in [6, 6.07) is 110. The molecule has 0 aromatic heterocycles. The first-order valence-corrected chi connectivity index (χ1v) is 30.3. The van der Waals surface area contributed by atoms with Crippen molar-refractivity contribution in [1.29, 1.82) is 0 Å². The molecule has 0 N–H and O–H groups in total. The molecule has 88 heavy (non-hydrogen) atoms. The Morgan fingerprint density at radius 1 is 0.227 bits per heavy atom. The van der Waals surface area contributed by atoms with E-state index in [2.05, 4.69) is 337 Å². The number of rotatable bonds is 10. The van der Waals surface area contributed by atoms with Gasteiger partial charge in [-0.3, -0.25) is 0 Å². The third-order valence-corrected chi connectivity index (χ3v) is 17.9. The highest BCUT2D eigenvalue weighted by Gasteiger charge is 2.49. The highest BCUT2D eigenvalue weighted by Crippen LogP contribution is 2.51. The molecule has 0 fully saturated rings. The summed E-state index contributed by atoms with van der Waals surface area (Å²) in [5, 5.41) is 0. The van der Waals surface area contributed by atoms with Crippen LogP contribution in [-0.4, -0.2) is 13.4 Å². The van der Waals surface area contributed by atoms with Crippen LogP contribution in [0.15, 0.2) is 303 Å². The molecule has 0 amide bonds. The van der Waals surface area contributed by atoms with Gasteiger partial charge in [0.25, 0.3) is 13.4 Å². The molecule has 13 aromatic carbocycles. The molecule has 0 radical (unpaired) electrons. The smallest absolute Gasteiger partial charge is 0.252 e. The topological polar surface area (TPSA) is 31.4 Å². The molecule has 0 unspecified atom stereocenters. The van der Waals surface area contributed by atoms with Crippen molar-refractivity contribution in [1.82, 2.24) is 0 Å². The lowest BCUT2D eigenvalue weighted by molar-refractivity contribution is 0.483. The van der Waals surface area contributed by atoms with Gasteiger partial charge in [-0.25, -0.2) is 0 Å². The minimum Gasteiger partial charge on any atom is -0.457 e. The molecule has 0 spiro atoms. The Kier molecular flexibility index (Phi) is 12.1. The molecule has 4 aliphatic rings. The number of hydrogen-bond acceptors (Lipinski definition) is 6. The second-order valence-electron chi connectivity index (χ2n) is 23.4. The Bertz CT molecular complexity index is 4550. The van der Waals surface area contributed by atoms with E-state index < -0.39 is 0 Å². The average molecular weight is 1130 g/mol. The second-order valence-corrected chi connectivity index (χ2v) is 23.4. The lowest BCUT2D eigenvalue weighted by atomic mass is 9.30. The Balaban J connectivity index is 0.942. The largest absolute Gasteiger partial charge is 0.457 e. The maximum atomic E-state index is 7.21. The van der Waals surface area contributed by atoms with Crippen LogP contribution in [0.3, 0.4) is 0 Å². The van der Waals surface area contributed by atoms with E-state index >= 15 is 0 Å². The molecular formula is C80H56B2N4O2. The van der Waals surface area contributed by atoms with E-state index in [1.54, 1.807) is 0 Å². The van der Waals surface area contributed by atoms with Crippen molar-refractivity contribution < 1.29 is 9.47 Å². The van der Waals surface area contributed by atoms with Crippen molar-refractivity contribution in [2.45, 2.75) is 13.8 Å². The number of hydrogen-bond donors (Lipinski definition) is 0. The number of nitrogens with zero attached hydrogens (tertiary/aromatic N) is 4. The van der Waals surface area contributed by atoms with E-state index in [4.69, 9.17) is 9.47 Å². The van der Waals surface area contributed by atoms with Crippen molar-refractivity contribution in [2.75, 3.05) is 19.6 Å². The summed E-state index contributed by atoms with van der Waals surface area (Å²) in [6.45, 7) is 4.06. The predicted octanol–water partition coefficient (Wildman–Crippen LogP) is 17.4. The molecule has 6 nitrogen and oxygen atoms in total. The molecule has 17 rings (SSSR count). The van der Waals surface area contributed by atoms with Crippen LogP contribution in [0.25, 0.3) is 22.3 Å². The highest BCUT2D eigenvalue weighted by atomic mass is 16.5. The molecular weight excluding hydrogens is 1070 g/mol. The third-order valence-electron chi connectivity index (χ3n) is 17.9. The fourth-order valence-corrected chi connectivity index (χ4v) is 14.2. The third kappa shape index (κ3) is 8.51. The zero-order chi connectivity index (χ0) is 58.4. The quantitative estimate of drug-likeness (QED) is 0.127. The van der Waals surface area contributed by atoms with E-state index in [1.807, 2.05) is 0 Å². The Hall–Kier alpha value is -11.2. The van der Waals surface area contributed by atoms with Crippen LogP contribution in [0, 0.1) is 13.8 Å². The number of para-hydroxylation sites is 4. The van der Waals surface area contributed by atoms with E-state index in [1.165, 1.54) is 43.9 Å². The number of ether oxygens (including phenoxy) is 2. The van der Waals surface area contributed by atoms with Crippen molar-refractivity contribution in [3.8, 4) is 45.3 Å². The molecule has 0 aliphatic carbocycles. The molecule has 0 saturated heterocycles. The van der Waals surface area contributed by atoms with E-state index in [0.29, 0.717) is 0 Å². The number of benzene rings is 13. The summed E-state index contributed by atoms with van der Waals surface area (Å²) in [4.78, 5) is 9.93. The van der Waals surface area contributed by atoms with Crippen molar-refractivity contribution in [3.63, 3.8) is 0 Å². The van der Waals surface area contributed by atoms with Gasteiger partial charge in [-0.2, -0.15) is 0 Å². The second kappa shape index (κ2) is 20.8. The highest BCUT2D eigenvalue weighted by molar-refractivity contribution is 7.03. The summed E-state index contributed by atoms with van der Waals surface area (Å²) >= 11 is 0. The van der Waals surface area contributed by atoms with Crippen LogP contribution >= 0.6 is 0 Å². The van der Waals surface area contributed by atoms with Gasteiger partial charge in [-0.1, -0.05) is 188 Å². The van der Waals surface area contributed by atoms with Gasteiger partial charge in [0.05, 0.1) is 0 Å². The van der Waals surface area contributed by atoms with Crippen LogP contribution in [0.2, 0.25) is 0 Å². The Morgan fingerprint density at radius 3 is 0.875 bits per heavy atom. The summed E-state index contributed by atoms with van der Waals surface area (Å²) < 4.78 is 14.4. The van der Waals surface area contributed by atoms with Crippen LogP contribution in [-0.2, 0) is 0 Å². The summed E-state index contributed by atoms with van der Waals surface area (Å²) in [5.74, 6) is 3.00. The van der Waals surface area contributed by atoms with Gasteiger partial charge in [-0.15, -0.1) is 0 Å². The first-order valence-electron chi connectivity index (χ1n) is 30.3. The lowest BCUT2D eigenvalue weighted by Gasteiger charge is -2.47. The predicted molar refractivity (Wildman–Crippen MR) is 368 cm³/mol. The van der Waals surface area contributed by atoms with Gasteiger partial charge in [-0.05, 0) is 171 Å². The minimum atomic E-state index is -0.174. The fraction of sp³-hybridized carbons (Fsp3) is 0.0250. The van der Waals surface area contributed by atoms with Crippen molar-refractivity contribution in [2.24, 2.45) is 0 Å². The summed E-state index contributed by atoms with van der Waals surface area (Å²) in [5.41, 5.74) is 27.2. The molecule has 414 valence electrons. The molecule has 4 heterocycles. The van der Waals surface area contributed by atoms with E-state index in [-0.39, 0.29) is 13.4 Å². The van der Waals surface area contributed by atoms with Gasteiger partial charge in [0, 0.05) is 92.5 Å². The van der Waals surface area contributed by atoms with E-state index in [9.17, 15) is 0 Å². The van der Waals surface area contributed by atoms with Gasteiger partial charge in [0.15, 0.2) is 0 Å². The molecule has 0 saturated carbocycles. The lowest BCUT2D eigenvalue weighted by Crippen LogP contribution is -2.65. The Labute approximate surface area is 514 Å². The van der Waals surface area contributed by atoms with Gasteiger partial charge in [0.1, 0.15) is 23.0 Å². The number of fused-ring (bicyclic) bond motifs is 8. The SMILES string of the molecule is Cc1ccc2c(c1)N(c1ccccc1)c1cc(Oc3cccc(-c4ccccc4)c3)cc3c1B2c1cc2c(cc1N3c1ccccc1)N(c1ccccc1)c1cc(Oc3cccc(-c4ccccc4)c3)cc3c1B2c1ccc(C)cc1N3c1ccccc1. The average Bonchev–Trinajstić information content (AvgIpc) is 0.697. The first kappa shape index (κ1) is 51.2. The molecule has 8 heteroatoms. The Morgan fingerprint density at radius 2 is 0.534 bits per heavy atom. The maximum absolute atomic E-state index is 7.21. The number of aryl methyl sites for hydroxylation is 2. The van der Waals surface area contributed by atoms with Crippen LogP contribution in [0.1, 0.15) is 11.1 Å². The first-order chi connectivity index (χ1) is 43.5. The zero-order valence-electron chi connectivity index (χ0n) is 48.6. The maximum Gasteiger partial charge on any atom is 0.252 e. The van der Waals surface area contributed by atoms with Crippen molar-refractivity contribution >= 4 is 114 Å². The molecule has 13 aromatic rings. The van der Waals surface area contributed by atoms with Gasteiger partial charge >= 0.3 is 0 Å². The van der Waals surface area contributed by atoms with E-state index in [0.717, 1.165) is 114 Å². The van der Waals surface area contributed by atoms with Gasteiger partial charge in [0.2, 0.25) is 0 Å². The molecule has 0 bridgehead atoms. The zero-order valence-corrected chi connectivity index (χ0v) is 48.6. The minimum absolute atomic E-state index is 0.174. The fourth-order valence-electron chi connectivity index (χ4n) is 14.2. The monoisotopic (exact) mass is 1130 g/mol. The molecule has 4 aliphatic heterocycles. The van der Waals surface area contributed by atoms with Crippen molar-refractivity contribution in [3.05, 3.63) is 314 Å². The summed E-state index contributed by atoms with van der Waals surface area (Å²) in [7, 11) is 0. The van der Waals surface area contributed by atoms with Crippen LogP contribution in [0.4, 0.5) is 68.2 Å². The molecule has 0 atom stereocenters. The standard InChI is InChI=1S/C80H56B2N4O2/c1-53-39-41-67-71(43-53)83(59-29-13-5-14-30-59)75-47-65(87-63-37-21-27-57(45-63)55-23-9-3-10-24-55)49-77-79(75)81(67)69-51-70-74(52-73(69)85(77)61-33-17-7-18-34-61)86(62-35-19-8-20-36-62)78-50-66(88-64-38-22-28-58(46-64)56-25-11-4-12-26-56)48-76-80(78)82(70)68-42-40-54(2)44-72(68)84(76)60-31-15-6-16-32-60/h3-52H,1-2H3. The summed E-state index contributed by atoms with van der Waals surface area (Å²) in [6.07, 6.45) is 0. The van der Waals surface area contributed by atoms with Crippen LogP contribution in [0.5, 0.6) is 23.0 Å².